The van der Waals surface area contributed by atoms with Gasteiger partial charge < -0.3 is 4.57 Å². The molecule has 0 radical (unpaired) electrons. The summed E-state index contributed by atoms with van der Waals surface area (Å²) in [5.74, 6) is 0.507. The number of hydrogen-bond acceptors (Lipinski definition) is 0. The molecule has 1 nitrogen and oxygen atoms in total. The molecule has 1 aromatic heterocycles. The number of fused-ring (bicyclic) bond motifs is 1. The van der Waals surface area contributed by atoms with Crippen molar-refractivity contribution in [2.24, 2.45) is 0 Å². The van der Waals surface area contributed by atoms with E-state index in [4.69, 9.17) is 0 Å². The fourth-order valence-electron chi connectivity index (χ4n) is 2.97. The predicted molar refractivity (Wildman–Crippen MR) is 82.1 cm³/mol. The second-order valence-electron chi connectivity index (χ2n) is 5.35. The van der Waals surface area contributed by atoms with Crippen LogP contribution in [0.1, 0.15) is 31.0 Å². The molecule has 19 heavy (non-hydrogen) atoms. The Hall–Kier alpha value is -2.02. The first-order chi connectivity index (χ1) is 9.20. The third-order valence-electron chi connectivity index (χ3n) is 3.74. The van der Waals surface area contributed by atoms with Gasteiger partial charge in [0.25, 0.3) is 0 Å². The van der Waals surface area contributed by atoms with Crippen LogP contribution in [0.4, 0.5) is 0 Å². The molecular formula is C18H19N. The van der Waals surface area contributed by atoms with Gasteiger partial charge in [-0.1, -0.05) is 50.2 Å². The smallest absolute Gasteiger partial charge is 0.0534 e. The zero-order valence-electron chi connectivity index (χ0n) is 11.7. The van der Waals surface area contributed by atoms with Crippen molar-refractivity contribution in [2.75, 3.05) is 0 Å². The van der Waals surface area contributed by atoms with Gasteiger partial charge in [0.05, 0.1) is 5.52 Å². The van der Waals surface area contributed by atoms with Crippen LogP contribution >= 0.6 is 0 Å². The summed E-state index contributed by atoms with van der Waals surface area (Å²) in [5, 5.41) is 1.36. The Kier molecular flexibility index (Phi) is 2.90. The lowest BCUT2D eigenvalue weighted by atomic mass is 10.0. The Balaban J connectivity index is 2.42. The SMILES string of the molecule is Cc1c(C(C)C)n(-c2ccccc2)c2ccccc12. The summed E-state index contributed by atoms with van der Waals surface area (Å²) >= 11 is 0. The minimum atomic E-state index is 0.507. The van der Waals surface area contributed by atoms with Gasteiger partial charge in [-0.2, -0.15) is 0 Å². The molecule has 96 valence electrons. The molecule has 0 saturated heterocycles. The van der Waals surface area contributed by atoms with Crippen molar-refractivity contribution in [2.45, 2.75) is 26.7 Å². The molecule has 0 unspecified atom stereocenters. The lowest BCUT2D eigenvalue weighted by molar-refractivity contribution is 0.788. The molecule has 0 bridgehead atoms. The van der Waals surface area contributed by atoms with E-state index in [0.29, 0.717) is 5.92 Å². The maximum Gasteiger partial charge on any atom is 0.0534 e. The van der Waals surface area contributed by atoms with Crippen molar-refractivity contribution in [3.05, 3.63) is 65.9 Å². The maximum atomic E-state index is 2.40. The summed E-state index contributed by atoms with van der Waals surface area (Å²) in [6.07, 6.45) is 0. The Labute approximate surface area is 114 Å². The standard InChI is InChI=1S/C18H19N/c1-13(2)18-14(3)16-11-7-8-12-17(16)19(18)15-9-5-4-6-10-15/h4-13H,1-3H3. The van der Waals surface area contributed by atoms with Crippen molar-refractivity contribution >= 4 is 10.9 Å². The van der Waals surface area contributed by atoms with Crippen LogP contribution in [-0.4, -0.2) is 4.57 Å². The van der Waals surface area contributed by atoms with E-state index in [2.05, 4.69) is 79.9 Å². The molecule has 0 amide bonds. The van der Waals surface area contributed by atoms with Crippen LogP contribution in [0.3, 0.4) is 0 Å². The number of aromatic nitrogens is 1. The fourth-order valence-corrected chi connectivity index (χ4v) is 2.97. The Morgan fingerprint density at radius 2 is 1.47 bits per heavy atom. The van der Waals surface area contributed by atoms with Crippen LogP contribution in [0.25, 0.3) is 16.6 Å². The molecule has 0 N–H and O–H groups in total. The number of benzene rings is 2. The topological polar surface area (TPSA) is 4.93 Å². The second kappa shape index (κ2) is 4.58. The molecule has 0 aliphatic heterocycles. The number of aryl methyl sites for hydroxylation is 1. The highest BCUT2D eigenvalue weighted by atomic mass is 15.0. The Morgan fingerprint density at radius 1 is 0.842 bits per heavy atom. The van der Waals surface area contributed by atoms with Gasteiger partial charge in [0.15, 0.2) is 0 Å². The van der Waals surface area contributed by atoms with E-state index < -0.39 is 0 Å². The summed E-state index contributed by atoms with van der Waals surface area (Å²) < 4.78 is 2.40. The molecule has 3 rings (SSSR count). The lowest BCUT2D eigenvalue weighted by Gasteiger charge is -2.14. The summed E-state index contributed by atoms with van der Waals surface area (Å²) in [7, 11) is 0. The number of nitrogens with zero attached hydrogens (tertiary/aromatic N) is 1. The molecule has 1 heteroatoms. The van der Waals surface area contributed by atoms with Crippen LogP contribution in [0, 0.1) is 6.92 Å². The largest absolute Gasteiger partial charge is 0.313 e. The minimum absolute atomic E-state index is 0.507. The van der Waals surface area contributed by atoms with Gasteiger partial charge in [0.2, 0.25) is 0 Å². The molecule has 0 spiro atoms. The summed E-state index contributed by atoms with van der Waals surface area (Å²) in [4.78, 5) is 0. The van der Waals surface area contributed by atoms with Crippen LogP contribution in [0.5, 0.6) is 0 Å². The monoisotopic (exact) mass is 249 g/mol. The first kappa shape index (κ1) is 12.0. The summed E-state index contributed by atoms with van der Waals surface area (Å²) in [6.45, 7) is 6.76. The highest BCUT2D eigenvalue weighted by Crippen LogP contribution is 2.33. The highest BCUT2D eigenvalue weighted by Gasteiger charge is 2.17. The van der Waals surface area contributed by atoms with Gasteiger partial charge in [-0.3, -0.25) is 0 Å². The van der Waals surface area contributed by atoms with E-state index in [-0.39, 0.29) is 0 Å². The molecule has 0 aliphatic rings. The van der Waals surface area contributed by atoms with Crippen LogP contribution in [-0.2, 0) is 0 Å². The van der Waals surface area contributed by atoms with E-state index in [1.54, 1.807) is 0 Å². The van der Waals surface area contributed by atoms with E-state index in [1.807, 2.05) is 0 Å². The van der Waals surface area contributed by atoms with Crippen molar-refractivity contribution in [1.29, 1.82) is 0 Å². The highest BCUT2D eigenvalue weighted by molar-refractivity contribution is 5.87. The minimum Gasteiger partial charge on any atom is -0.313 e. The van der Waals surface area contributed by atoms with Crippen molar-refractivity contribution < 1.29 is 0 Å². The number of rotatable bonds is 2. The third-order valence-corrected chi connectivity index (χ3v) is 3.74. The zero-order chi connectivity index (χ0) is 13.4. The van der Waals surface area contributed by atoms with E-state index >= 15 is 0 Å². The second-order valence-corrected chi connectivity index (χ2v) is 5.35. The molecule has 1 heterocycles. The van der Waals surface area contributed by atoms with Crippen molar-refractivity contribution in [1.82, 2.24) is 4.57 Å². The third kappa shape index (κ3) is 1.86. The maximum absolute atomic E-state index is 2.40. The zero-order valence-corrected chi connectivity index (χ0v) is 11.7. The molecule has 0 fully saturated rings. The van der Waals surface area contributed by atoms with Crippen LogP contribution in [0.15, 0.2) is 54.6 Å². The van der Waals surface area contributed by atoms with Crippen LogP contribution in [0.2, 0.25) is 0 Å². The first-order valence-electron chi connectivity index (χ1n) is 6.85. The van der Waals surface area contributed by atoms with Gasteiger partial charge in [-0.05, 0) is 36.6 Å². The molecule has 0 atom stereocenters. The molecule has 0 saturated carbocycles. The lowest BCUT2D eigenvalue weighted by Crippen LogP contribution is -2.02. The summed E-state index contributed by atoms with van der Waals surface area (Å²) in [6, 6.07) is 19.3. The first-order valence-corrected chi connectivity index (χ1v) is 6.85. The fraction of sp³-hybridized carbons (Fsp3) is 0.222. The molecule has 2 aromatic carbocycles. The summed E-state index contributed by atoms with van der Waals surface area (Å²) in [5.41, 5.74) is 5.35. The van der Waals surface area contributed by atoms with Crippen molar-refractivity contribution in [3.63, 3.8) is 0 Å². The number of hydrogen-bond donors (Lipinski definition) is 0. The average Bonchev–Trinajstić information content (AvgIpc) is 2.74. The molecular weight excluding hydrogens is 230 g/mol. The molecule has 3 aromatic rings. The van der Waals surface area contributed by atoms with Crippen molar-refractivity contribution in [3.8, 4) is 5.69 Å². The van der Waals surface area contributed by atoms with E-state index in [0.717, 1.165) is 0 Å². The van der Waals surface area contributed by atoms with E-state index in [1.165, 1.54) is 27.8 Å². The Morgan fingerprint density at radius 3 is 2.16 bits per heavy atom. The van der Waals surface area contributed by atoms with Gasteiger partial charge in [-0.25, -0.2) is 0 Å². The van der Waals surface area contributed by atoms with Gasteiger partial charge in [-0.15, -0.1) is 0 Å². The van der Waals surface area contributed by atoms with Gasteiger partial charge >= 0.3 is 0 Å². The van der Waals surface area contributed by atoms with Crippen LogP contribution < -0.4 is 0 Å². The predicted octanol–water partition coefficient (Wildman–Crippen LogP) is 5.06. The Bertz CT molecular complexity index is 705. The number of para-hydroxylation sites is 2. The van der Waals surface area contributed by atoms with Gasteiger partial charge in [0, 0.05) is 16.8 Å². The van der Waals surface area contributed by atoms with Gasteiger partial charge in [0.1, 0.15) is 0 Å². The average molecular weight is 249 g/mol. The quantitative estimate of drug-likeness (QED) is 0.598. The normalized spacial score (nSPS) is 11.4. The van der Waals surface area contributed by atoms with E-state index in [9.17, 15) is 0 Å². The molecule has 0 aliphatic carbocycles.